The predicted octanol–water partition coefficient (Wildman–Crippen LogP) is -0.0862. The van der Waals surface area contributed by atoms with E-state index in [0.29, 0.717) is 6.10 Å². The second-order valence-corrected chi connectivity index (χ2v) is 4.85. The van der Waals surface area contributed by atoms with Crippen molar-refractivity contribution in [1.29, 1.82) is 0 Å². The van der Waals surface area contributed by atoms with Crippen molar-refractivity contribution in [2.75, 3.05) is 0 Å². The first-order valence-electron chi connectivity index (χ1n) is 5.43. The van der Waals surface area contributed by atoms with Crippen LogP contribution >= 0.6 is 0 Å². The van der Waals surface area contributed by atoms with E-state index in [-0.39, 0.29) is 18.1 Å². The molecular formula is C10H16N2O2. The standard InChI is InChI=1S/C10H16N2O2/c11-10(3-4-10)9(13)12-7-5-6-1-2-8(7)14-6/h6-8H,1-5,11H2,(H,12,13). The van der Waals surface area contributed by atoms with Gasteiger partial charge < -0.3 is 15.8 Å². The summed E-state index contributed by atoms with van der Waals surface area (Å²) in [4.78, 5) is 11.7. The Morgan fingerprint density at radius 3 is 2.71 bits per heavy atom. The minimum absolute atomic E-state index is 0.0265. The fourth-order valence-corrected chi connectivity index (χ4v) is 2.46. The molecule has 3 atom stereocenters. The summed E-state index contributed by atoms with van der Waals surface area (Å²) >= 11 is 0. The summed E-state index contributed by atoms with van der Waals surface area (Å²) in [7, 11) is 0. The molecule has 2 aliphatic heterocycles. The van der Waals surface area contributed by atoms with Crippen molar-refractivity contribution in [2.45, 2.75) is 55.9 Å². The largest absolute Gasteiger partial charge is 0.373 e. The van der Waals surface area contributed by atoms with E-state index in [1.807, 2.05) is 0 Å². The molecule has 0 aromatic carbocycles. The van der Waals surface area contributed by atoms with Crippen LogP contribution in [0.2, 0.25) is 0 Å². The highest BCUT2D eigenvalue weighted by Crippen LogP contribution is 2.36. The minimum atomic E-state index is -0.540. The van der Waals surface area contributed by atoms with E-state index in [0.717, 1.165) is 32.1 Å². The Bertz CT molecular complexity index is 275. The van der Waals surface area contributed by atoms with E-state index < -0.39 is 5.54 Å². The van der Waals surface area contributed by atoms with Crippen LogP contribution in [-0.4, -0.2) is 29.7 Å². The number of amides is 1. The quantitative estimate of drug-likeness (QED) is 0.649. The molecule has 3 aliphatic rings. The predicted molar refractivity (Wildman–Crippen MR) is 50.6 cm³/mol. The number of fused-ring (bicyclic) bond motifs is 2. The first kappa shape index (κ1) is 8.68. The van der Waals surface area contributed by atoms with Gasteiger partial charge >= 0.3 is 0 Å². The van der Waals surface area contributed by atoms with Gasteiger partial charge in [0.1, 0.15) is 0 Å². The maximum Gasteiger partial charge on any atom is 0.240 e. The summed E-state index contributed by atoms with van der Waals surface area (Å²) in [6, 6.07) is 0.224. The lowest BCUT2D eigenvalue weighted by Gasteiger charge is -2.21. The van der Waals surface area contributed by atoms with E-state index in [2.05, 4.69) is 5.32 Å². The molecule has 2 heterocycles. The fraction of sp³-hybridized carbons (Fsp3) is 0.900. The van der Waals surface area contributed by atoms with Crippen LogP contribution in [-0.2, 0) is 9.53 Å². The second-order valence-electron chi connectivity index (χ2n) is 4.85. The smallest absolute Gasteiger partial charge is 0.240 e. The number of nitrogens with one attached hydrogen (secondary N) is 1. The van der Waals surface area contributed by atoms with E-state index in [9.17, 15) is 4.79 Å². The van der Waals surface area contributed by atoms with Crippen molar-refractivity contribution in [1.82, 2.24) is 5.32 Å². The van der Waals surface area contributed by atoms with Gasteiger partial charge in [0.2, 0.25) is 5.91 Å². The molecule has 0 radical (unpaired) electrons. The Morgan fingerprint density at radius 1 is 1.43 bits per heavy atom. The zero-order chi connectivity index (χ0) is 9.76. The van der Waals surface area contributed by atoms with Crippen LogP contribution in [0.4, 0.5) is 0 Å². The molecular weight excluding hydrogens is 180 g/mol. The molecule has 1 amide bonds. The number of carbonyl (C=O) groups is 1. The van der Waals surface area contributed by atoms with Crippen molar-refractivity contribution in [3.8, 4) is 0 Å². The maximum atomic E-state index is 11.7. The summed E-state index contributed by atoms with van der Waals surface area (Å²) in [6.07, 6.45) is 5.54. The number of nitrogens with two attached hydrogens (primary N) is 1. The first-order valence-corrected chi connectivity index (χ1v) is 5.43. The van der Waals surface area contributed by atoms with E-state index >= 15 is 0 Å². The molecule has 14 heavy (non-hydrogen) atoms. The van der Waals surface area contributed by atoms with Gasteiger partial charge in [-0.2, -0.15) is 0 Å². The topological polar surface area (TPSA) is 64.4 Å². The molecule has 0 spiro atoms. The molecule has 2 saturated heterocycles. The second kappa shape index (κ2) is 2.70. The number of rotatable bonds is 2. The minimum Gasteiger partial charge on any atom is -0.373 e. The molecule has 3 rings (SSSR count). The van der Waals surface area contributed by atoms with E-state index in [1.165, 1.54) is 0 Å². The highest BCUT2D eigenvalue weighted by atomic mass is 16.5. The molecule has 3 unspecified atom stereocenters. The lowest BCUT2D eigenvalue weighted by Crippen LogP contribution is -2.50. The molecule has 1 saturated carbocycles. The fourth-order valence-electron chi connectivity index (χ4n) is 2.46. The van der Waals surface area contributed by atoms with Gasteiger partial charge in [-0.05, 0) is 32.1 Å². The van der Waals surface area contributed by atoms with Gasteiger partial charge in [0.25, 0.3) is 0 Å². The number of carbonyl (C=O) groups excluding carboxylic acids is 1. The van der Waals surface area contributed by atoms with Crippen molar-refractivity contribution >= 4 is 5.91 Å². The average Bonchev–Trinajstić information content (AvgIpc) is 2.63. The lowest BCUT2D eigenvalue weighted by atomic mass is 9.95. The highest BCUT2D eigenvalue weighted by Gasteiger charge is 2.49. The molecule has 4 nitrogen and oxygen atoms in total. The van der Waals surface area contributed by atoms with Crippen LogP contribution in [0.5, 0.6) is 0 Å². The molecule has 3 N–H and O–H groups in total. The monoisotopic (exact) mass is 196 g/mol. The Hall–Kier alpha value is -0.610. The van der Waals surface area contributed by atoms with Gasteiger partial charge in [-0.3, -0.25) is 4.79 Å². The molecule has 0 aromatic rings. The van der Waals surface area contributed by atoms with Gasteiger partial charge in [-0.25, -0.2) is 0 Å². The summed E-state index contributed by atoms with van der Waals surface area (Å²) in [6.45, 7) is 0. The van der Waals surface area contributed by atoms with Crippen molar-refractivity contribution in [3.63, 3.8) is 0 Å². The third-order valence-corrected chi connectivity index (χ3v) is 3.66. The molecule has 4 heteroatoms. The van der Waals surface area contributed by atoms with Crippen LogP contribution in [0.3, 0.4) is 0 Å². The lowest BCUT2D eigenvalue weighted by molar-refractivity contribution is -0.124. The number of hydrogen-bond acceptors (Lipinski definition) is 3. The summed E-state index contributed by atoms with van der Waals surface area (Å²) in [5.41, 5.74) is 5.27. The Balaban J connectivity index is 1.60. The van der Waals surface area contributed by atoms with Crippen LogP contribution < -0.4 is 11.1 Å². The van der Waals surface area contributed by atoms with Gasteiger partial charge in [-0.1, -0.05) is 0 Å². The third kappa shape index (κ3) is 1.25. The molecule has 1 aliphatic carbocycles. The summed E-state index contributed by atoms with van der Waals surface area (Å²) in [5.74, 6) is 0.0265. The van der Waals surface area contributed by atoms with Gasteiger partial charge in [0.05, 0.1) is 23.8 Å². The molecule has 2 bridgehead atoms. The van der Waals surface area contributed by atoms with Crippen LogP contribution in [0.1, 0.15) is 32.1 Å². The highest BCUT2D eigenvalue weighted by molar-refractivity contribution is 5.89. The van der Waals surface area contributed by atoms with E-state index in [1.54, 1.807) is 0 Å². The normalized spacial score (nSPS) is 42.5. The average molecular weight is 196 g/mol. The first-order chi connectivity index (χ1) is 6.67. The number of hydrogen-bond donors (Lipinski definition) is 2. The zero-order valence-corrected chi connectivity index (χ0v) is 8.16. The van der Waals surface area contributed by atoms with Crippen LogP contribution in [0.15, 0.2) is 0 Å². The SMILES string of the molecule is NC1(C(=O)NC2CC3CCC2O3)CC1. The van der Waals surface area contributed by atoms with Crippen molar-refractivity contribution in [2.24, 2.45) is 5.73 Å². The Kier molecular flexibility index (Phi) is 1.67. The number of ether oxygens (including phenoxy) is 1. The summed E-state index contributed by atoms with van der Waals surface area (Å²) < 4.78 is 5.66. The Labute approximate surface area is 83.2 Å². The van der Waals surface area contributed by atoms with Crippen molar-refractivity contribution in [3.05, 3.63) is 0 Å². The maximum absolute atomic E-state index is 11.7. The van der Waals surface area contributed by atoms with Crippen molar-refractivity contribution < 1.29 is 9.53 Å². The summed E-state index contributed by atoms with van der Waals surface area (Å²) in [5, 5.41) is 3.02. The van der Waals surface area contributed by atoms with Gasteiger partial charge in [0.15, 0.2) is 0 Å². The molecule has 78 valence electrons. The third-order valence-electron chi connectivity index (χ3n) is 3.66. The molecule has 0 aromatic heterocycles. The van der Waals surface area contributed by atoms with Crippen LogP contribution in [0, 0.1) is 0 Å². The molecule has 3 fully saturated rings. The van der Waals surface area contributed by atoms with Crippen LogP contribution in [0.25, 0.3) is 0 Å². The van der Waals surface area contributed by atoms with Gasteiger partial charge in [0, 0.05) is 0 Å². The van der Waals surface area contributed by atoms with Gasteiger partial charge in [-0.15, -0.1) is 0 Å². The van der Waals surface area contributed by atoms with E-state index in [4.69, 9.17) is 10.5 Å². The zero-order valence-electron chi connectivity index (χ0n) is 8.16. The Morgan fingerprint density at radius 2 is 2.21 bits per heavy atom.